The third-order valence-corrected chi connectivity index (χ3v) is 2.62. The molecule has 0 aliphatic carbocycles. The second-order valence-electron chi connectivity index (χ2n) is 4.46. The summed E-state index contributed by atoms with van der Waals surface area (Å²) >= 11 is 0. The van der Waals surface area contributed by atoms with Gasteiger partial charge >= 0.3 is 0 Å². The highest BCUT2D eigenvalue weighted by atomic mass is 16.3. The van der Waals surface area contributed by atoms with Crippen LogP contribution in [-0.4, -0.2) is 42.3 Å². The third kappa shape index (κ3) is 7.30. The summed E-state index contributed by atoms with van der Waals surface area (Å²) in [5.41, 5.74) is 4.75. The molecule has 0 aliphatic heterocycles. The summed E-state index contributed by atoms with van der Waals surface area (Å²) in [5, 5.41) is 9.69. The average Bonchev–Trinajstić information content (AvgIpc) is 2.16. The van der Waals surface area contributed by atoms with Crippen molar-refractivity contribution in [3.05, 3.63) is 0 Å². The van der Waals surface area contributed by atoms with Gasteiger partial charge < -0.3 is 15.7 Å². The first kappa shape index (κ1) is 13.9. The molecule has 0 spiro atoms. The zero-order valence-corrected chi connectivity index (χ0v) is 9.92. The number of hydrogen-bond donors (Lipinski definition) is 2. The molecule has 0 saturated carbocycles. The molecule has 1 atom stereocenters. The fraction of sp³-hybridized carbons (Fsp3) is 1.00. The number of nitrogens with zero attached hydrogens (tertiary/aromatic N) is 1. The summed E-state index contributed by atoms with van der Waals surface area (Å²) in [7, 11) is 2.10. The molecule has 0 aromatic carbocycles. The van der Waals surface area contributed by atoms with Gasteiger partial charge in [-0.2, -0.15) is 0 Å². The standard InChI is InChI=1S/C11H26N2O/c1-4-5-6-8-13(3)9-7-11(2,14)10-12/h14H,4-10,12H2,1-3H3. The summed E-state index contributed by atoms with van der Waals surface area (Å²) in [6.45, 7) is 6.39. The Bertz CT molecular complexity index is 137. The quantitative estimate of drug-likeness (QED) is 0.582. The Labute approximate surface area is 88.3 Å². The molecule has 0 radical (unpaired) electrons. The van der Waals surface area contributed by atoms with Crippen molar-refractivity contribution in [3.63, 3.8) is 0 Å². The van der Waals surface area contributed by atoms with Gasteiger partial charge in [0.2, 0.25) is 0 Å². The zero-order chi connectivity index (χ0) is 11.0. The smallest absolute Gasteiger partial charge is 0.0753 e. The van der Waals surface area contributed by atoms with Gasteiger partial charge in [-0.1, -0.05) is 19.8 Å². The Hall–Kier alpha value is -0.120. The van der Waals surface area contributed by atoms with Gasteiger partial charge in [0.1, 0.15) is 0 Å². The molecule has 86 valence electrons. The highest BCUT2D eigenvalue weighted by molar-refractivity contribution is 4.74. The summed E-state index contributed by atoms with van der Waals surface area (Å²) in [6.07, 6.45) is 4.55. The first-order valence-electron chi connectivity index (χ1n) is 5.63. The van der Waals surface area contributed by atoms with Crippen molar-refractivity contribution in [2.45, 2.75) is 45.1 Å². The van der Waals surface area contributed by atoms with E-state index in [0.717, 1.165) is 19.5 Å². The predicted molar refractivity (Wildman–Crippen MR) is 61.3 cm³/mol. The molecule has 0 amide bonds. The van der Waals surface area contributed by atoms with E-state index < -0.39 is 5.60 Å². The maximum Gasteiger partial charge on any atom is 0.0753 e. The molecule has 0 saturated heterocycles. The number of unbranched alkanes of at least 4 members (excludes halogenated alkanes) is 2. The van der Waals surface area contributed by atoms with Crippen molar-refractivity contribution >= 4 is 0 Å². The predicted octanol–water partition coefficient (Wildman–Crippen LogP) is 1.21. The summed E-state index contributed by atoms with van der Waals surface area (Å²) in [6, 6.07) is 0. The van der Waals surface area contributed by atoms with Gasteiger partial charge in [-0.3, -0.25) is 0 Å². The number of hydrogen-bond acceptors (Lipinski definition) is 3. The van der Waals surface area contributed by atoms with E-state index in [-0.39, 0.29) is 0 Å². The van der Waals surface area contributed by atoms with Crippen LogP contribution in [-0.2, 0) is 0 Å². The monoisotopic (exact) mass is 202 g/mol. The largest absolute Gasteiger partial charge is 0.389 e. The molecule has 0 rings (SSSR count). The number of nitrogens with two attached hydrogens (primary N) is 1. The molecule has 3 nitrogen and oxygen atoms in total. The normalized spacial score (nSPS) is 15.9. The van der Waals surface area contributed by atoms with Crippen molar-refractivity contribution < 1.29 is 5.11 Å². The molecule has 0 aromatic heterocycles. The lowest BCUT2D eigenvalue weighted by atomic mass is 10.0. The SMILES string of the molecule is CCCCCN(C)CCC(C)(O)CN. The van der Waals surface area contributed by atoms with Crippen LogP contribution in [0.5, 0.6) is 0 Å². The van der Waals surface area contributed by atoms with E-state index >= 15 is 0 Å². The van der Waals surface area contributed by atoms with Crippen molar-refractivity contribution in [1.29, 1.82) is 0 Å². The van der Waals surface area contributed by atoms with Gasteiger partial charge in [-0.15, -0.1) is 0 Å². The Balaban J connectivity index is 3.48. The molecule has 0 aliphatic rings. The van der Waals surface area contributed by atoms with Gasteiger partial charge in [0.25, 0.3) is 0 Å². The fourth-order valence-electron chi connectivity index (χ4n) is 1.28. The molecular formula is C11H26N2O. The summed E-state index contributed by atoms with van der Waals surface area (Å²) in [4.78, 5) is 2.26. The molecule has 0 fully saturated rings. The Kier molecular flexibility index (Phi) is 7.15. The minimum atomic E-state index is -0.695. The fourth-order valence-corrected chi connectivity index (χ4v) is 1.28. The van der Waals surface area contributed by atoms with Crippen molar-refractivity contribution in [1.82, 2.24) is 4.90 Å². The van der Waals surface area contributed by atoms with E-state index in [1.54, 1.807) is 6.92 Å². The Morgan fingerprint density at radius 1 is 1.29 bits per heavy atom. The molecule has 1 unspecified atom stereocenters. The summed E-state index contributed by atoms with van der Waals surface area (Å²) in [5.74, 6) is 0. The van der Waals surface area contributed by atoms with E-state index in [2.05, 4.69) is 18.9 Å². The van der Waals surface area contributed by atoms with Crippen LogP contribution in [0, 0.1) is 0 Å². The first-order chi connectivity index (χ1) is 6.52. The maximum absolute atomic E-state index is 9.69. The van der Waals surface area contributed by atoms with E-state index in [4.69, 9.17) is 5.73 Å². The van der Waals surface area contributed by atoms with Crippen LogP contribution < -0.4 is 5.73 Å². The highest BCUT2D eigenvalue weighted by Crippen LogP contribution is 2.07. The van der Waals surface area contributed by atoms with Gasteiger partial charge in [0, 0.05) is 13.1 Å². The number of rotatable bonds is 8. The zero-order valence-electron chi connectivity index (χ0n) is 9.92. The molecule has 0 aromatic rings. The first-order valence-corrected chi connectivity index (χ1v) is 5.63. The van der Waals surface area contributed by atoms with E-state index in [1.807, 2.05) is 0 Å². The van der Waals surface area contributed by atoms with Crippen LogP contribution in [0.4, 0.5) is 0 Å². The molecule has 3 heteroatoms. The van der Waals surface area contributed by atoms with Crippen LogP contribution in [0.15, 0.2) is 0 Å². The van der Waals surface area contributed by atoms with Crippen LogP contribution >= 0.6 is 0 Å². The van der Waals surface area contributed by atoms with E-state index in [0.29, 0.717) is 6.54 Å². The molecule has 0 bridgehead atoms. The van der Waals surface area contributed by atoms with Crippen LogP contribution in [0.2, 0.25) is 0 Å². The Morgan fingerprint density at radius 3 is 2.43 bits per heavy atom. The minimum Gasteiger partial charge on any atom is -0.389 e. The second kappa shape index (κ2) is 7.21. The minimum absolute atomic E-state index is 0.343. The van der Waals surface area contributed by atoms with Gasteiger partial charge in [-0.25, -0.2) is 0 Å². The molecule has 0 heterocycles. The average molecular weight is 202 g/mol. The van der Waals surface area contributed by atoms with Crippen molar-refractivity contribution in [2.24, 2.45) is 5.73 Å². The lowest BCUT2D eigenvalue weighted by Crippen LogP contribution is -2.38. The molecular weight excluding hydrogens is 176 g/mol. The second-order valence-corrected chi connectivity index (χ2v) is 4.46. The molecule has 14 heavy (non-hydrogen) atoms. The highest BCUT2D eigenvalue weighted by Gasteiger charge is 2.17. The lowest BCUT2D eigenvalue weighted by Gasteiger charge is -2.24. The van der Waals surface area contributed by atoms with Gasteiger partial charge in [0.15, 0.2) is 0 Å². The van der Waals surface area contributed by atoms with Crippen molar-refractivity contribution in [2.75, 3.05) is 26.7 Å². The number of aliphatic hydroxyl groups is 1. The Morgan fingerprint density at radius 2 is 1.93 bits per heavy atom. The topological polar surface area (TPSA) is 49.5 Å². The lowest BCUT2D eigenvalue weighted by molar-refractivity contribution is 0.0503. The van der Waals surface area contributed by atoms with E-state index in [1.165, 1.54) is 19.3 Å². The van der Waals surface area contributed by atoms with Crippen LogP contribution in [0.25, 0.3) is 0 Å². The summed E-state index contributed by atoms with van der Waals surface area (Å²) < 4.78 is 0. The van der Waals surface area contributed by atoms with Gasteiger partial charge in [-0.05, 0) is 33.4 Å². The molecule has 3 N–H and O–H groups in total. The van der Waals surface area contributed by atoms with Crippen LogP contribution in [0.1, 0.15) is 39.5 Å². The maximum atomic E-state index is 9.69. The van der Waals surface area contributed by atoms with Crippen LogP contribution in [0.3, 0.4) is 0 Å². The van der Waals surface area contributed by atoms with E-state index in [9.17, 15) is 5.11 Å². The van der Waals surface area contributed by atoms with Crippen molar-refractivity contribution in [3.8, 4) is 0 Å². The third-order valence-electron chi connectivity index (χ3n) is 2.62. The van der Waals surface area contributed by atoms with Gasteiger partial charge in [0.05, 0.1) is 5.60 Å².